The lowest BCUT2D eigenvalue weighted by Crippen LogP contribution is -2.21. The maximum absolute atomic E-state index is 10.5. The highest BCUT2D eigenvalue weighted by Crippen LogP contribution is 2.06. The van der Waals surface area contributed by atoms with E-state index in [2.05, 4.69) is 0 Å². The van der Waals surface area contributed by atoms with Gasteiger partial charge in [0.1, 0.15) is 5.92 Å². The molecule has 5 nitrogen and oxygen atoms in total. The van der Waals surface area contributed by atoms with Crippen LogP contribution in [0.2, 0.25) is 0 Å². The first-order chi connectivity index (χ1) is 5.57. The number of aliphatic carboxylic acids is 1. The number of carboxylic acids is 1. The number of nitriles is 1. The molecule has 0 rings (SSSR count). The third-order valence-electron chi connectivity index (χ3n) is 1.38. The molecule has 0 aliphatic carbocycles. The lowest BCUT2D eigenvalue weighted by molar-refractivity contribution is -0.137. The van der Waals surface area contributed by atoms with Gasteiger partial charge in [-0.05, 0) is 12.8 Å². The largest absolute Gasteiger partial charge is 0.481 e. The third kappa shape index (κ3) is 4.28. The van der Waals surface area contributed by atoms with E-state index in [0.29, 0.717) is 6.42 Å². The summed E-state index contributed by atoms with van der Waals surface area (Å²) in [7, 11) is 0. The second-order valence-corrected chi connectivity index (χ2v) is 2.37. The number of carbonyl (C=O) groups excluding carboxylic acids is 1. The van der Waals surface area contributed by atoms with Crippen molar-refractivity contribution in [3.8, 4) is 6.07 Å². The summed E-state index contributed by atoms with van der Waals surface area (Å²) in [6.07, 6.45) is 0.486. The molecule has 0 aromatic heterocycles. The molecule has 0 bridgehead atoms. The van der Waals surface area contributed by atoms with E-state index < -0.39 is 17.8 Å². The summed E-state index contributed by atoms with van der Waals surface area (Å²) in [5.74, 6) is -2.48. The predicted octanol–water partition coefficient (Wildman–Crippen LogP) is -0.134. The van der Waals surface area contributed by atoms with Crippen LogP contribution >= 0.6 is 0 Å². The number of hydrogen-bond acceptors (Lipinski definition) is 3. The number of amides is 1. The van der Waals surface area contributed by atoms with E-state index in [9.17, 15) is 9.59 Å². The molecule has 12 heavy (non-hydrogen) atoms. The predicted molar refractivity (Wildman–Crippen MR) is 39.8 cm³/mol. The Kier molecular flexibility index (Phi) is 4.46. The lowest BCUT2D eigenvalue weighted by atomic mass is 10.0. The van der Waals surface area contributed by atoms with Crippen LogP contribution in [0.25, 0.3) is 0 Å². The van der Waals surface area contributed by atoms with Crippen molar-refractivity contribution in [2.24, 2.45) is 11.7 Å². The van der Waals surface area contributed by atoms with Crippen molar-refractivity contribution in [1.29, 1.82) is 5.26 Å². The van der Waals surface area contributed by atoms with Gasteiger partial charge in [0, 0.05) is 6.42 Å². The molecule has 0 aliphatic rings. The first kappa shape index (κ1) is 10.4. The summed E-state index contributed by atoms with van der Waals surface area (Å²) >= 11 is 0. The fourth-order valence-corrected chi connectivity index (χ4v) is 0.728. The average Bonchev–Trinajstić information content (AvgIpc) is 1.96. The Morgan fingerprint density at radius 2 is 2.17 bits per heavy atom. The Labute approximate surface area is 69.8 Å². The van der Waals surface area contributed by atoms with Crippen molar-refractivity contribution in [2.45, 2.75) is 19.3 Å². The van der Waals surface area contributed by atoms with Crippen LogP contribution in [0.15, 0.2) is 0 Å². The van der Waals surface area contributed by atoms with Crippen LogP contribution in [-0.2, 0) is 9.59 Å². The second-order valence-electron chi connectivity index (χ2n) is 2.37. The summed E-state index contributed by atoms with van der Waals surface area (Å²) in [4.78, 5) is 20.5. The smallest absolute Gasteiger partial charge is 0.303 e. The molecule has 66 valence electrons. The first-order valence-electron chi connectivity index (χ1n) is 3.48. The van der Waals surface area contributed by atoms with Gasteiger partial charge in [0.15, 0.2) is 0 Å². The van der Waals surface area contributed by atoms with Gasteiger partial charge >= 0.3 is 5.97 Å². The highest BCUT2D eigenvalue weighted by molar-refractivity contribution is 5.79. The quantitative estimate of drug-likeness (QED) is 0.599. The van der Waals surface area contributed by atoms with Crippen LogP contribution in [0.3, 0.4) is 0 Å². The number of nitrogens with two attached hydrogens (primary N) is 1. The van der Waals surface area contributed by atoms with Gasteiger partial charge < -0.3 is 10.8 Å². The van der Waals surface area contributed by atoms with Crippen molar-refractivity contribution in [3.05, 3.63) is 0 Å². The molecule has 0 saturated carbocycles. The van der Waals surface area contributed by atoms with Crippen LogP contribution in [-0.4, -0.2) is 17.0 Å². The molecule has 0 saturated heterocycles. The van der Waals surface area contributed by atoms with Gasteiger partial charge in [-0.2, -0.15) is 5.26 Å². The van der Waals surface area contributed by atoms with Crippen molar-refractivity contribution >= 4 is 11.9 Å². The fraction of sp³-hybridized carbons (Fsp3) is 0.571. The topological polar surface area (TPSA) is 104 Å². The minimum Gasteiger partial charge on any atom is -0.481 e. The molecule has 0 spiro atoms. The van der Waals surface area contributed by atoms with Gasteiger partial charge in [-0.25, -0.2) is 0 Å². The molecule has 0 heterocycles. The second kappa shape index (κ2) is 5.13. The Morgan fingerprint density at radius 1 is 1.58 bits per heavy atom. The van der Waals surface area contributed by atoms with E-state index >= 15 is 0 Å². The van der Waals surface area contributed by atoms with Gasteiger partial charge in [0.25, 0.3) is 0 Å². The van der Waals surface area contributed by atoms with E-state index in [4.69, 9.17) is 16.1 Å². The molecular weight excluding hydrogens is 160 g/mol. The van der Waals surface area contributed by atoms with E-state index in [1.54, 1.807) is 6.07 Å². The minimum atomic E-state index is -0.934. The van der Waals surface area contributed by atoms with Gasteiger partial charge in [-0.15, -0.1) is 0 Å². The highest BCUT2D eigenvalue weighted by Gasteiger charge is 2.13. The molecule has 0 aromatic carbocycles. The molecular formula is C7H10N2O3. The Bertz CT molecular complexity index is 219. The summed E-state index contributed by atoms with van der Waals surface area (Å²) in [5, 5.41) is 16.6. The molecule has 0 radical (unpaired) electrons. The average molecular weight is 170 g/mol. The lowest BCUT2D eigenvalue weighted by Gasteiger charge is -2.01. The van der Waals surface area contributed by atoms with Gasteiger partial charge in [-0.1, -0.05) is 0 Å². The molecule has 0 fully saturated rings. The SMILES string of the molecule is N#CC(CCCC(=O)O)C(N)=O. The van der Waals surface area contributed by atoms with E-state index in [1.807, 2.05) is 0 Å². The summed E-state index contributed by atoms with van der Waals surface area (Å²) < 4.78 is 0. The monoisotopic (exact) mass is 170 g/mol. The number of rotatable bonds is 5. The number of primary amides is 1. The van der Waals surface area contributed by atoms with Crippen LogP contribution in [0.4, 0.5) is 0 Å². The van der Waals surface area contributed by atoms with Crippen LogP contribution in [0, 0.1) is 17.2 Å². The van der Waals surface area contributed by atoms with Crippen LogP contribution < -0.4 is 5.73 Å². The molecule has 1 unspecified atom stereocenters. The highest BCUT2D eigenvalue weighted by atomic mass is 16.4. The van der Waals surface area contributed by atoms with Crippen LogP contribution in [0.5, 0.6) is 0 Å². The molecule has 5 heteroatoms. The van der Waals surface area contributed by atoms with Gasteiger partial charge in [-0.3, -0.25) is 9.59 Å². The summed E-state index contributed by atoms with van der Waals surface area (Å²) in [6.45, 7) is 0. The van der Waals surface area contributed by atoms with E-state index in [-0.39, 0.29) is 12.8 Å². The standard InChI is InChI=1S/C7H10N2O3/c8-4-5(7(9)12)2-1-3-6(10)11/h5H,1-3H2,(H2,9,12)(H,10,11). The number of hydrogen-bond donors (Lipinski definition) is 2. The maximum Gasteiger partial charge on any atom is 0.303 e. The van der Waals surface area contributed by atoms with E-state index in [1.165, 1.54) is 0 Å². The zero-order chi connectivity index (χ0) is 9.56. The number of nitrogens with zero attached hydrogens (tertiary/aromatic N) is 1. The van der Waals surface area contributed by atoms with Gasteiger partial charge in [0.05, 0.1) is 6.07 Å². The zero-order valence-electron chi connectivity index (χ0n) is 6.49. The molecule has 3 N–H and O–H groups in total. The number of carbonyl (C=O) groups is 2. The van der Waals surface area contributed by atoms with Gasteiger partial charge in [0.2, 0.25) is 5.91 Å². The van der Waals surface area contributed by atoms with Crippen molar-refractivity contribution in [3.63, 3.8) is 0 Å². The van der Waals surface area contributed by atoms with Crippen molar-refractivity contribution in [2.75, 3.05) is 0 Å². The van der Waals surface area contributed by atoms with E-state index in [0.717, 1.165) is 0 Å². The van der Waals surface area contributed by atoms with Crippen molar-refractivity contribution < 1.29 is 14.7 Å². The zero-order valence-corrected chi connectivity index (χ0v) is 6.49. The maximum atomic E-state index is 10.5. The first-order valence-corrected chi connectivity index (χ1v) is 3.48. The minimum absolute atomic E-state index is 0.0362. The number of carboxylic acid groups (broad SMARTS) is 1. The van der Waals surface area contributed by atoms with Crippen LogP contribution in [0.1, 0.15) is 19.3 Å². The molecule has 1 amide bonds. The third-order valence-corrected chi connectivity index (χ3v) is 1.38. The normalized spacial score (nSPS) is 11.6. The Balaban J connectivity index is 3.68. The summed E-state index contributed by atoms with van der Waals surface area (Å²) in [5.41, 5.74) is 4.86. The molecule has 0 aromatic rings. The van der Waals surface area contributed by atoms with Crippen molar-refractivity contribution in [1.82, 2.24) is 0 Å². The summed E-state index contributed by atoms with van der Waals surface area (Å²) in [6, 6.07) is 1.71. The Morgan fingerprint density at radius 3 is 2.50 bits per heavy atom. The molecule has 1 atom stereocenters. The molecule has 0 aliphatic heterocycles. The fourth-order valence-electron chi connectivity index (χ4n) is 0.728. The Hall–Kier alpha value is -1.57.